The van der Waals surface area contributed by atoms with Crippen LogP contribution in [0.5, 0.6) is 0 Å². The van der Waals surface area contributed by atoms with Gasteiger partial charge >= 0.3 is 0 Å². The molecule has 0 fully saturated rings. The topological polar surface area (TPSA) is 67.2 Å². The van der Waals surface area contributed by atoms with Crippen LogP contribution in [0.2, 0.25) is 0 Å². The van der Waals surface area contributed by atoms with E-state index in [-0.39, 0.29) is 23.8 Å². The molecule has 1 unspecified atom stereocenters. The highest BCUT2D eigenvalue weighted by atomic mass is 16.3. The number of carbonyl (C=O) groups is 1. The summed E-state index contributed by atoms with van der Waals surface area (Å²) in [6.45, 7) is 12.2. The lowest BCUT2D eigenvalue weighted by Crippen LogP contribution is -2.39. The Morgan fingerprint density at radius 2 is 1.84 bits per heavy atom. The van der Waals surface area contributed by atoms with Gasteiger partial charge in [-0.3, -0.25) is 4.79 Å². The SMILES string of the molecule is Cc1ccc(-n2ncc(C(=O)NCC(O)C(C)(C)C)c2C(C)C)cc1. The highest BCUT2D eigenvalue weighted by Crippen LogP contribution is 2.24. The van der Waals surface area contributed by atoms with Crippen LogP contribution in [0.15, 0.2) is 30.5 Å². The lowest BCUT2D eigenvalue weighted by Gasteiger charge is -2.25. The molecule has 1 amide bonds. The summed E-state index contributed by atoms with van der Waals surface area (Å²) < 4.78 is 1.82. The maximum absolute atomic E-state index is 12.6. The Morgan fingerprint density at radius 1 is 1.24 bits per heavy atom. The van der Waals surface area contributed by atoms with Crippen LogP contribution >= 0.6 is 0 Å². The molecular formula is C20H29N3O2. The van der Waals surface area contributed by atoms with Gasteiger partial charge in [-0.2, -0.15) is 5.10 Å². The average molecular weight is 343 g/mol. The van der Waals surface area contributed by atoms with E-state index >= 15 is 0 Å². The number of hydrogen-bond donors (Lipinski definition) is 2. The monoisotopic (exact) mass is 343 g/mol. The Morgan fingerprint density at radius 3 is 2.36 bits per heavy atom. The fraction of sp³-hybridized carbons (Fsp3) is 0.500. The van der Waals surface area contributed by atoms with Crippen LogP contribution in [-0.4, -0.2) is 33.4 Å². The third kappa shape index (κ3) is 4.48. The first-order chi connectivity index (χ1) is 11.6. The van der Waals surface area contributed by atoms with Crippen molar-refractivity contribution in [3.05, 3.63) is 47.3 Å². The molecule has 25 heavy (non-hydrogen) atoms. The van der Waals surface area contributed by atoms with Crippen LogP contribution in [0, 0.1) is 12.3 Å². The zero-order valence-electron chi connectivity index (χ0n) is 16.0. The van der Waals surface area contributed by atoms with Crippen LogP contribution in [0.1, 0.15) is 62.2 Å². The lowest BCUT2D eigenvalue weighted by atomic mass is 9.89. The minimum absolute atomic E-state index is 0.136. The van der Waals surface area contributed by atoms with Gasteiger partial charge in [-0.1, -0.05) is 52.3 Å². The molecule has 0 aliphatic carbocycles. The van der Waals surface area contributed by atoms with Crippen molar-refractivity contribution >= 4 is 5.91 Å². The third-order valence-corrected chi connectivity index (χ3v) is 4.33. The summed E-state index contributed by atoms with van der Waals surface area (Å²) in [7, 11) is 0. The Bertz CT molecular complexity index is 724. The summed E-state index contributed by atoms with van der Waals surface area (Å²) in [6, 6.07) is 8.06. The van der Waals surface area contributed by atoms with E-state index in [4.69, 9.17) is 0 Å². The molecule has 5 nitrogen and oxygen atoms in total. The van der Waals surface area contributed by atoms with E-state index < -0.39 is 6.10 Å². The van der Waals surface area contributed by atoms with Crippen molar-refractivity contribution in [3.8, 4) is 5.69 Å². The van der Waals surface area contributed by atoms with Crippen molar-refractivity contribution in [1.82, 2.24) is 15.1 Å². The van der Waals surface area contributed by atoms with Gasteiger partial charge in [0.05, 0.1) is 29.2 Å². The van der Waals surface area contributed by atoms with E-state index in [1.807, 2.05) is 70.5 Å². The van der Waals surface area contributed by atoms with Crippen molar-refractivity contribution in [1.29, 1.82) is 0 Å². The van der Waals surface area contributed by atoms with Crippen molar-refractivity contribution < 1.29 is 9.90 Å². The van der Waals surface area contributed by atoms with Gasteiger partial charge in [-0.25, -0.2) is 4.68 Å². The number of aromatic nitrogens is 2. The first-order valence-corrected chi connectivity index (χ1v) is 8.72. The summed E-state index contributed by atoms with van der Waals surface area (Å²) in [6.07, 6.45) is 1.000. The molecule has 0 saturated heterocycles. The molecule has 0 saturated carbocycles. The fourth-order valence-corrected chi connectivity index (χ4v) is 2.57. The molecule has 0 aliphatic heterocycles. The Hall–Kier alpha value is -2.14. The van der Waals surface area contributed by atoms with Gasteiger partial charge in [-0.15, -0.1) is 0 Å². The molecule has 0 radical (unpaired) electrons. The van der Waals surface area contributed by atoms with Crippen LogP contribution in [0.4, 0.5) is 0 Å². The molecule has 2 N–H and O–H groups in total. The lowest BCUT2D eigenvalue weighted by molar-refractivity contribution is 0.0586. The summed E-state index contributed by atoms with van der Waals surface area (Å²) in [5, 5.41) is 17.4. The van der Waals surface area contributed by atoms with Gasteiger partial charge in [0.1, 0.15) is 0 Å². The predicted octanol–water partition coefficient (Wildman–Crippen LogP) is 3.44. The van der Waals surface area contributed by atoms with E-state index in [2.05, 4.69) is 10.4 Å². The smallest absolute Gasteiger partial charge is 0.254 e. The molecule has 1 atom stereocenters. The number of hydrogen-bond acceptors (Lipinski definition) is 3. The first-order valence-electron chi connectivity index (χ1n) is 8.72. The van der Waals surface area contributed by atoms with E-state index in [0.29, 0.717) is 5.56 Å². The minimum Gasteiger partial charge on any atom is -0.391 e. The molecule has 1 aromatic carbocycles. The van der Waals surface area contributed by atoms with Gasteiger partial charge in [0.25, 0.3) is 5.91 Å². The van der Waals surface area contributed by atoms with E-state index in [1.165, 1.54) is 5.56 Å². The second-order valence-electron chi connectivity index (χ2n) is 7.94. The number of aliphatic hydroxyl groups excluding tert-OH is 1. The number of rotatable bonds is 5. The molecular weight excluding hydrogens is 314 g/mol. The predicted molar refractivity (Wildman–Crippen MR) is 100 cm³/mol. The van der Waals surface area contributed by atoms with Gasteiger partial charge < -0.3 is 10.4 Å². The molecule has 2 aromatic rings. The maximum Gasteiger partial charge on any atom is 0.254 e. The van der Waals surface area contributed by atoms with Gasteiger partial charge in [0.15, 0.2) is 0 Å². The average Bonchev–Trinajstić information content (AvgIpc) is 2.97. The molecule has 0 aliphatic rings. The van der Waals surface area contributed by atoms with Crippen LogP contribution in [0.3, 0.4) is 0 Å². The number of benzene rings is 1. The molecule has 1 heterocycles. The minimum atomic E-state index is -0.605. The van der Waals surface area contributed by atoms with Crippen LogP contribution in [0.25, 0.3) is 5.69 Å². The molecule has 0 spiro atoms. The number of aliphatic hydroxyl groups is 1. The number of aryl methyl sites for hydroxylation is 1. The zero-order valence-corrected chi connectivity index (χ0v) is 16.0. The van der Waals surface area contributed by atoms with Gasteiger partial charge in [0, 0.05) is 6.54 Å². The normalized spacial score (nSPS) is 13.1. The van der Waals surface area contributed by atoms with Gasteiger partial charge in [-0.05, 0) is 30.4 Å². The Labute approximate surface area is 150 Å². The number of carbonyl (C=O) groups excluding carboxylic acids is 1. The molecule has 1 aromatic heterocycles. The van der Waals surface area contributed by atoms with Crippen molar-refractivity contribution in [2.24, 2.45) is 5.41 Å². The van der Waals surface area contributed by atoms with Crippen molar-refractivity contribution in [2.45, 2.75) is 53.6 Å². The number of nitrogens with zero attached hydrogens (tertiary/aromatic N) is 2. The largest absolute Gasteiger partial charge is 0.391 e. The third-order valence-electron chi connectivity index (χ3n) is 4.33. The Balaban J connectivity index is 2.27. The van der Waals surface area contributed by atoms with Crippen LogP contribution in [-0.2, 0) is 0 Å². The standard InChI is InChI=1S/C20H29N3O2/c1-13(2)18-16(19(25)21-12-17(24)20(4,5)6)11-22-23(18)15-9-7-14(3)8-10-15/h7-11,13,17,24H,12H2,1-6H3,(H,21,25). The molecule has 5 heteroatoms. The second kappa shape index (κ2) is 7.40. The summed E-state index contributed by atoms with van der Waals surface area (Å²) >= 11 is 0. The van der Waals surface area contributed by atoms with Crippen LogP contribution < -0.4 is 5.32 Å². The quantitative estimate of drug-likeness (QED) is 0.874. The van der Waals surface area contributed by atoms with Crippen molar-refractivity contribution in [2.75, 3.05) is 6.54 Å². The molecule has 2 rings (SSSR count). The fourth-order valence-electron chi connectivity index (χ4n) is 2.57. The van der Waals surface area contributed by atoms with Gasteiger partial charge in [0.2, 0.25) is 0 Å². The summed E-state index contributed by atoms with van der Waals surface area (Å²) in [4.78, 5) is 12.6. The van der Waals surface area contributed by atoms with E-state index in [1.54, 1.807) is 6.20 Å². The molecule has 136 valence electrons. The second-order valence-corrected chi connectivity index (χ2v) is 7.94. The van der Waals surface area contributed by atoms with E-state index in [0.717, 1.165) is 11.4 Å². The summed E-state index contributed by atoms with van der Waals surface area (Å²) in [5.41, 5.74) is 3.25. The highest BCUT2D eigenvalue weighted by molar-refractivity contribution is 5.95. The summed E-state index contributed by atoms with van der Waals surface area (Å²) in [5.74, 6) is -0.0672. The number of nitrogens with one attached hydrogen (secondary N) is 1. The molecule has 0 bridgehead atoms. The van der Waals surface area contributed by atoms with E-state index in [9.17, 15) is 9.90 Å². The first kappa shape index (κ1) is 19.2. The Kier molecular flexibility index (Phi) is 5.68. The zero-order chi connectivity index (χ0) is 18.8. The van der Waals surface area contributed by atoms with Crippen molar-refractivity contribution in [3.63, 3.8) is 0 Å². The highest BCUT2D eigenvalue weighted by Gasteiger charge is 2.25. The number of amides is 1. The maximum atomic E-state index is 12.6.